The van der Waals surface area contributed by atoms with Gasteiger partial charge in [-0.2, -0.15) is 0 Å². The van der Waals surface area contributed by atoms with Crippen LogP contribution in [-0.4, -0.2) is 0 Å². The fraction of sp³-hybridized carbons (Fsp3) is 0.900. The molecule has 0 aromatic rings. The number of rotatable bonds is 5. The van der Waals surface area contributed by atoms with Crippen molar-refractivity contribution in [2.75, 3.05) is 0 Å². The molecule has 0 aliphatic heterocycles. The number of hydrogen-bond donors (Lipinski definition) is 0. The Hall–Kier alpha value is 0. The lowest BCUT2D eigenvalue weighted by Gasteiger charge is -2.02. The lowest BCUT2D eigenvalue weighted by Crippen LogP contribution is -1.88. The van der Waals surface area contributed by atoms with Gasteiger partial charge in [-0.3, -0.25) is 0 Å². The third-order valence-corrected chi connectivity index (χ3v) is 2.15. The molecule has 1 radical (unpaired) electrons. The van der Waals surface area contributed by atoms with Gasteiger partial charge >= 0.3 is 0 Å². The first-order chi connectivity index (χ1) is 4.79. The van der Waals surface area contributed by atoms with Crippen molar-refractivity contribution in [2.45, 2.75) is 46.0 Å². The maximum absolute atomic E-state index is 2.43. The van der Waals surface area contributed by atoms with E-state index < -0.39 is 0 Å². The highest BCUT2D eigenvalue weighted by atomic mass is 14.3. The van der Waals surface area contributed by atoms with Crippen molar-refractivity contribution in [3.05, 3.63) is 6.42 Å². The van der Waals surface area contributed by atoms with E-state index in [0.29, 0.717) is 0 Å². The monoisotopic (exact) mass is 139 g/mol. The molecule has 0 saturated heterocycles. The molecule has 0 bridgehead atoms. The molecule has 0 spiro atoms. The lowest BCUT2D eigenvalue weighted by molar-refractivity contribution is 0.616. The van der Waals surface area contributed by atoms with Crippen molar-refractivity contribution >= 4 is 0 Å². The van der Waals surface area contributed by atoms with Crippen LogP contribution in [-0.2, 0) is 0 Å². The Labute approximate surface area is 65.0 Å². The van der Waals surface area contributed by atoms with Crippen LogP contribution in [0.25, 0.3) is 0 Å². The predicted octanol–water partition coefficient (Wildman–Crippen LogP) is 3.43. The molecule has 1 aliphatic carbocycles. The summed E-state index contributed by atoms with van der Waals surface area (Å²) in [7, 11) is 0. The van der Waals surface area contributed by atoms with Crippen LogP contribution >= 0.6 is 0 Å². The summed E-state index contributed by atoms with van der Waals surface area (Å²) in [5, 5.41) is 0. The van der Waals surface area contributed by atoms with Gasteiger partial charge in [0, 0.05) is 0 Å². The second kappa shape index (κ2) is 4.00. The van der Waals surface area contributed by atoms with E-state index in [-0.39, 0.29) is 0 Å². The van der Waals surface area contributed by atoms with Gasteiger partial charge in [0.1, 0.15) is 0 Å². The van der Waals surface area contributed by atoms with Crippen LogP contribution in [0.3, 0.4) is 0 Å². The van der Waals surface area contributed by atoms with E-state index in [4.69, 9.17) is 0 Å². The van der Waals surface area contributed by atoms with E-state index in [1.807, 2.05) is 0 Å². The molecule has 1 fully saturated rings. The largest absolute Gasteiger partial charge is 0.0625 e. The van der Waals surface area contributed by atoms with Crippen molar-refractivity contribution < 1.29 is 0 Å². The molecule has 0 nitrogen and oxygen atoms in total. The molecule has 59 valence electrons. The summed E-state index contributed by atoms with van der Waals surface area (Å²) in [5.41, 5.74) is 0. The Kier molecular flexibility index (Phi) is 3.24. The van der Waals surface area contributed by atoms with Crippen LogP contribution in [0.2, 0.25) is 0 Å². The summed E-state index contributed by atoms with van der Waals surface area (Å²) in [4.78, 5) is 0. The zero-order valence-corrected chi connectivity index (χ0v) is 7.27. The van der Waals surface area contributed by atoms with E-state index in [1.54, 1.807) is 0 Å². The Morgan fingerprint density at radius 1 is 1.40 bits per heavy atom. The molecule has 10 heavy (non-hydrogen) atoms. The van der Waals surface area contributed by atoms with E-state index >= 15 is 0 Å². The van der Waals surface area contributed by atoms with E-state index in [9.17, 15) is 0 Å². The minimum absolute atomic E-state index is 0.791. The second-order valence-corrected chi connectivity index (χ2v) is 3.85. The summed E-state index contributed by atoms with van der Waals surface area (Å²) in [6.07, 6.45) is 9.73. The second-order valence-electron chi connectivity index (χ2n) is 3.85. The molecule has 1 saturated carbocycles. The average molecular weight is 139 g/mol. The highest BCUT2D eigenvalue weighted by Gasteiger charge is 2.19. The zero-order chi connectivity index (χ0) is 7.40. The number of unbranched alkanes of at least 4 members (excludes halogenated alkanes) is 1. The van der Waals surface area contributed by atoms with Crippen LogP contribution in [0, 0.1) is 18.3 Å². The molecule has 0 heteroatoms. The quantitative estimate of drug-likeness (QED) is 0.512. The van der Waals surface area contributed by atoms with Crippen molar-refractivity contribution in [3.63, 3.8) is 0 Å². The van der Waals surface area contributed by atoms with Gasteiger partial charge < -0.3 is 0 Å². The highest BCUT2D eigenvalue weighted by Crippen LogP contribution is 2.34. The smallest absolute Gasteiger partial charge is 0.0360 e. The SMILES string of the molecule is CC(C)[CH]CCCC1CC1. The van der Waals surface area contributed by atoms with E-state index in [2.05, 4.69) is 20.3 Å². The Bertz CT molecular complexity index is 76.0. The zero-order valence-electron chi connectivity index (χ0n) is 7.27. The van der Waals surface area contributed by atoms with Crippen molar-refractivity contribution in [2.24, 2.45) is 11.8 Å². The molecule has 0 N–H and O–H groups in total. The van der Waals surface area contributed by atoms with Crippen molar-refractivity contribution in [3.8, 4) is 0 Å². The maximum Gasteiger partial charge on any atom is -0.0360 e. The van der Waals surface area contributed by atoms with Gasteiger partial charge in [0.25, 0.3) is 0 Å². The average Bonchev–Trinajstić information content (AvgIpc) is 2.62. The Morgan fingerprint density at radius 2 is 2.10 bits per heavy atom. The van der Waals surface area contributed by atoms with Crippen LogP contribution < -0.4 is 0 Å². The maximum atomic E-state index is 2.43. The Balaban J connectivity index is 1.76. The topological polar surface area (TPSA) is 0 Å². The standard InChI is InChI=1S/C10H19/c1-9(2)5-3-4-6-10-7-8-10/h5,9-10H,3-4,6-8H2,1-2H3. The Morgan fingerprint density at radius 3 is 2.60 bits per heavy atom. The molecule has 0 atom stereocenters. The van der Waals surface area contributed by atoms with Gasteiger partial charge in [-0.05, 0) is 24.7 Å². The summed E-state index contributed by atoms with van der Waals surface area (Å²) >= 11 is 0. The van der Waals surface area contributed by atoms with Crippen LogP contribution in [0.1, 0.15) is 46.0 Å². The van der Waals surface area contributed by atoms with Crippen LogP contribution in [0.4, 0.5) is 0 Å². The first-order valence-corrected chi connectivity index (χ1v) is 4.62. The van der Waals surface area contributed by atoms with Crippen LogP contribution in [0.15, 0.2) is 0 Å². The summed E-state index contributed by atoms with van der Waals surface area (Å²) in [6.45, 7) is 4.52. The van der Waals surface area contributed by atoms with Gasteiger partial charge in [0.2, 0.25) is 0 Å². The summed E-state index contributed by atoms with van der Waals surface area (Å²) in [6, 6.07) is 0. The van der Waals surface area contributed by atoms with Gasteiger partial charge in [0.05, 0.1) is 0 Å². The van der Waals surface area contributed by atoms with Crippen molar-refractivity contribution in [1.82, 2.24) is 0 Å². The van der Waals surface area contributed by atoms with Gasteiger partial charge in [0.15, 0.2) is 0 Å². The predicted molar refractivity (Wildman–Crippen MR) is 45.7 cm³/mol. The molecular formula is C10H19. The van der Waals surface area contributed by atoms with Gasteiger partial charge in [-0.25, -0.2) is 0 Å². The van der Waals surface area contributed by atoms with Crippen molar-refractivity contribution in [1.29, 1.82) is 0 Å². The first kappa shape index (κ1) is 8.10. The van der Waals surface area contributed by atoms with E-state index in [0.717, 1.165) is 11.8 Å². The molecule has 1 rings (SSSR count). The minimum Gasteiger partial charge on any atom is -0.0625 e. The highest BCUT2D eigenvalue weighted by molar-refractivity contribution is 4.75. The molecule has 1 aliphatic rings. The molecule has 0 heterocycles. The normalized spacial score (nSPS) is 18.3. The summed E-state index contributed by atoms with van der Waals surface area (Å²) in [5.74, 6) is 1.92. The molecule has 0 aromatic carbocycles. The first-order valence-electron chi connectivity index (χ1n) is 4.62. The lowest BCUT2D eigenvalue weighted by atomic mass is 10.0. The van der Waals surface area contributed by atoms with Gasteiger partial charge in [-0.1, -0.05) is 39.5 Å². The fourth-order valence-electron chi connectivity index (χ4n) is 1.26. The molecule has 0 amide bonds. The van der Waals surface area contributed by atoms with Crippen LogP contribution in [0.5, 0.6) is 0 Å². The number of hydrogen-bond acceptors (Lipinski definition) is 0. The fourth-order valence-corrected chi connectivity index (χ4v) is 1.26. The molecular weight excluding hydrogens is 120 g/mol. The third-order valence-electron chi connectivity index (χ3n) is 2.15. The third kappa shape index (κ3) is 3.92. The molecule has 0 unspecified atom stereocenters. The summed E-state index contributed by atoms with van der Waals surface area (Å²) < 4.78 is 0. The van der Waals surface area contributed by atoms with E-state index in [1.165, 1.54) is 32.1 Å². The molecule has 0 aromatic heterocycles. The minimum atomic E-state index is 0.791. The van der Waals surface area contributed by atoms with Gasteiger partial charge in [-0.15, -0.1) is 0 Å².